The second kappa shape index (κ2) is 15.8. The van der Waals surface area contributed by atoms with Crippen LogP contribution in [0.4, 0.5) is 5.69 Å². The van der Waals surface area contributed by atoms with E-state index in [2.05, 4.69) is 5.32 Å². The molecule has 11 heteroatoms. The molecular formula is C35H36Cl3N3O4S. The normalized spacial score (nSPS) is 12.1. The summed E-state index contributed by atoms with van der Waals surface area (Å²) in [6, 6.07) is 25.9. The van der Waals surface area contributed by atoms with Crippen LogP contribution in [0.3, 0.4) is 0 Å². The molecule has 0 spiro atoms. The van der Waals surface area contributed by atoms with Crippen LogP contribution in [-0.2, 0) is 32.6 Å². The summed E-state index contributed by atoms with van der Waals surface area (Å²) in [6.45, 7) is 5.41. The molecule has 0 heterocycles. The van der Waals surface area contributed by atoms with Crippen LogP contribution in [-0.4, -0.2) is 44.3 Å². The van der Waals surface area contributed by atoms with Crippen molar-refractivity contribution in [2.45, 2.75) is 44.7 Å². The van der Waals surface area contributed by atoms with E-state index in [9.17, 15) is 18.0 Å². The van der Waals surface area contributed by atoms with Crippen molar-refractivity contribution in [3.63, 3.8) is 0 Å². The molecule has 2 amide bonds. The van der Waals surface area contributed by atoms with E-state index < -0.39 is 28.5 Å². The minimum absolute atomic E-state index is 0.0138. The third-order valence-corrected chi connectivity index (χ3v) is 9.95. The summed E-state index contributed by atoms with van der Waals surface area (Å²) in [5.41, 5.74) is 2.22. The van der Waals surface area contributed by atoms with Gasteiger partial charge in [-0.25, -0.2) is 8.42 Å². The van der Waals surface area contributed by atoms with Gasteiger partial charge in [0.1, 0.15) is 12.6 Å². The van der Waals surface area contributed by atoms with Crippen LogP contribution in [0.5, 0.6) is 0 Å². The fourth-order valence-corrected chi connectivity index (χ4v) is 7.14. The predicted octanol–water partition coefficient (Wildman–Crippen LogP) is 7.56. The van der Waals surface area contributed by atoms with Crippen LogP contribution >= 0.6 is 34.8 Å². The van der Waals surface area contributed by atoms with Gasteiger partial charge in [-0.2, -0.15) is 0 Å². The molecule has 1 N–H and O–H groups in total. The first-order valence-corrected chi connectivity index (χ1v) is 17.3. The van der Waals surface area contributed by atoms with E-state index in [4.69, 9.17) is 34.8 Å². The molecule has 0 aliphatic carbocycles. The maximum atomic E-state index is 14.6. The minimum atomic E-state index is -4.23. The van der Waals surface area contributed by atoms with Crippen molar-refractivity contribution in [3.05, 3.63) is 129 Å². The molecule has 0 saturated heterocycles. The number of amides is 2. The average Bonchev–Trinajstić information content (AvgIpc) is 3.02. The summed E-state index contributed by atoms with van der Waals surface area (Å²) in [5.74, 6) is -0.799. The molecule has 0 radical (unpaired) electrons. The van der Waals surface area contributed by atoms with Gasteiger partial charge in [0.25, 0.3) is 10.0 Å². The Labute approximate surface area is 286 Å². The van der Waals surface area contributed by atoms with E-state index in [0.717, 1.165) is 9.87 Å². The van der Waals surface area contributed by atoms with Gasteiger partial charge in [-0.05, 0) is 72.0 Å². The second-order valence-corrected chi connectivity index (χ2v) is 14.5. The number of nitrogens with one attached hydrogen (secondary N) is 1. The Bertz CT molecular complexity index is 1770. The summed E-state index contributed by atoms with van der Waals surface area (Å²) in [6.07, 6.45) is 0.188. The Hall–Kier alpha value is -3.56. The van der Waals surface area contributed by atoms with Gasteiger partial charge in [0.15, 0.2) is 0 Å². The highest BCUT2D eigenvalue weighted by molar-refractivity contribution is 7.92. The quantitative estimate of drug-likeness (QED) is 0.156. The number of hydrogen-bond acceptors (Lipinski definition) is 4. The topological polar surface area (TPSA) is 86.8 Å². The molecule has 0 aromatic heterocycles. The Morgan fingerprint density at radius 3 is 2.04 bits per heavy atom. The van der Waals surface area contributed by atoms with Crippen LogP contribution in [0.15, 0.2) is 102 Å². The summed E-state index contributed by atoms with van der Waals surface area (Å²) >= 11 is 19.0. The molecule has 4 aromatic rings. The number of aryl methyl sites for hydroxylation is 1. The van der Waals surface area contributed by atoms with Crippen LogP contribution in [0, 0.1) is 12.8 Å². The maximum absolute atomic E-state index is 14.6. The highest BCUT2D eigenvalue weighted by Gasteiger charge is 2.35. The molecule has 0 aliphatic rings. The third kappa shape index (κ3) is 9.04. The number of rotatable bonds is 13. The average molecular weight is 701 g/mol. The lowest BCUT2D eigenvalue weighted by atomic mass is 10.0. The van der Waals surface area contributed by atoms with Gasteiger partial charge in [0.05, 0.1) is 10.6 Å². The fraction of sp³-hybridized carbons (Fsp3) is 0.257. The minimum Gasteiger partial charge on any atom is -0.354 e. The van der Waals surface area contributed by atoms with E-state index >= 15 is 0 Å². The van der Waals surface area contributed by atoms with Crippen molar-refractivity contribution < 1.29 is 18.0 Å². The number of halogens is 3. The predicted molar refractivity (Wildman–Crippen MR) is 186 cm³/mol. The summed E-state index contributed by atoms with van der Waals surface area (Å²) in [5, 5.41) is 4.13. The first kappa shape index (κ1) is 35.3. The molecule has 7 nitrogen and oxygen atoms in total. The van der Waals surface area contributed by atoms with Crippen LogP contribution < -0.4 is 9.62 Å². The molecule has 0 aliphatic heterocycles. The Morgan fingerprint density at radius 1 is 0.826 bits per heavy atom. The van der Waals surface area contributed by atoms with Gasteiger partial charge < -0.3 is 10.2 Å². The number of carbonyl (C=O) groups is 2. The Kier molecular flexibility index (Phi) is 12.1. The second-order valence-electron chi connectivity index (χ2n) is 11.4. The van der Waals surface area contributed by atoms with E-state index in [1.165, 1.54) is 17.0 Å². The van der Waals surface area contributed by atoms with Crippen molar-refractivity contribution in [1.82, 2.24) is 10.2 Å². The Balaban J connectivity index is 1.84. The highest BCUT2D eigenvalue weighted by atomic mass is 35.5. The van der Waals surface area contributed by atoms with Gasteiger partial charge in [0.2, 0.25) is 11.8 Å². The van der Waals surface area contributed by atoms with Gasteiger partial charge in [-0.1, -0.05) is 103 Å². The van der Waals surface area contributed by atoms with Crippen LogP contribution in [0.25, 0.3) is 0 Å². The third-order valence-electron chi connectivity index (χ3n) is 7.35. The molecule has 0 fully saturated rings. The molecule has 1 unspecified atom stereocenters. The molecule has 242 valence electrons. The molecule has 46 heavy (non-hydrogen) atoms. The van der Waals surface area contributed by atoms with E-state index in [0.29, 0.717) is 32.7 Å². The lowest BCUT2D eigenvalue weighted by Gasteiger charge is -2.34. The zero-order chi connectivity index (χ0) is 33.4. The number of anilines is 1. The van der Waals surface area contributed by atoms with E-state index in [1.54, 1.807) is 61.5 Å². The molecule has 0 saturated carbocycles. The van der Waals surface area contributed by atoms with Crippen molar-refractivity contribution in [2.75, 3.05) is 17.4 Å². The van der Waals surface area contributed by atoms with Crippen molar-refractivity contribution in [3.8, 4) is 0 Å². The Morgan fingerprint density at radius 2 is 1.43 bits per heavy atom. The first-order chi connectivity index (χ1) is 21.9. The summed E-state index contributed by atoms with van der Waals surface area (Å²) < 4.78 is 29.4. The van der Waals surface area contributed by atoms with Crippen LogP contribution in [0.1, 0.15) is 30.5 Å². The molecule has 4 aromatic carbocycles. The largest absolute Gasteiger partial charge is 0.354 e. The van der Waals surface area contributed by atoms with Crippen molar-refractivity contribution >= 4 is 62.3 Å². The standard InChI is InChI=1S/C35H36Cl3N3O4S/c1-24(2)21-39-35(43)33(19-26-10-6-4-7-11-26)40(22-27-14-15-29(37)20-31(27)38)34(42)23-41(32-17-16-28(36)18-25(32)3)46(44,45)30-12-8-5-9-13-30/h4-18,20,24,33H,19,21-23H2,1-3H3,(H,39,43). The molecule has 1 atom stereocenters. The highest BCUT2D eigenvalue weighted by Crippen LogP contribution is 2.30. The lowest BCUT2D eigenvalue weighted by molar-refractivity contribution is -0.140. The molecular weight excluding hydrogens is 665 g/mol. The van der Waals surface area contributed by atoms with Gasteiger partial charge in [-0.3, -0.25) is 13.9 Å². The number of sulfonamides is 1. The first-order valence-electron chi connectivity index (χ1n) is 14.8. The zero-order valence-electron chi connectivity index (χ0n) is 25.8. The van der Waals surface area contributed by atoms with Gasteiger partial charge in [0, 0.05) is 34.6 Å². The van der Waals surface area contributed by atoms with Crippen molar-refractivity contribution in [2.24, 2.45) is 5.92 Å². The van der Waals surface area contributed by atoms with Crippen LogP contribution in [0.2, 0.25) is 15.1 Å². The maximum Gasteiger partial charge on any atom is 0.264 e. The number of benzene rings is 4. The van der Waals surface area contributed by atoms with E-state index in [1.807, 2.05) is 44.2 Å². The van der Waals surface area contributed by atoms with E-state index in [-0.39, 0.29) is 35.4 Å². The molecule has 4 rings (SSSR count). The molecule has 0 bridgehead atoms. The fourth-order valence-electron chi connectivity index (χ4n) is 4.94. The monoisotopic (exact) mass is 699 g/mol. The van der Waals surface area contributed by atoms with Gasteiger partial charge in [-0.15, -0.1) is 0 Å². The summed E-state index contributed by atoms with van der Waals surface area (Å²) in [4.78, 5) is 29.9. The lowest BCUT2D eigenvalue weighted by Crippen LogP contribution is -2.53. The summed E-state index contributed by atoms with van der Waals surface area (Å²) in [7, 11) is -4.23. The van der Waals surface area contributed by atoms with Crippen molar-refractivity contribution in [1.29, 1.82) is 0 Å². The zero-order valence-corrected chi connectivity index (χ0v) is 28.9. The SMILES string of the molecule is Cc1cc(Cl)ccc1N(CC(=O)N(Cc1ccc(Cl)cc1Cl)C(Cc1ccccc1)C(=O)NCC(C)C)S(=O)(=O)c1ccccc1. The number of nitrogens with zero attached hydrogens (tertiary/aromatic N) is 2. The number of carbonyl (C=O) groups excluding carboxylic acids is 2. The number of hydrogen-bond donors (Lipinski definition) is 1. The van der Waals surface area contributed by atoms with Gasteiger partial charge >= 0.3 is 0 Å². The smallest absolute Gasteiger partial charge is 0.264 e.